The van der Waals surface area contributed by atoms with E-state index in [9.17, 15) is 14.9 Å². The molecule has 3 N–H and O–H groups in total. The van der Waals surface area contributed by atoms with Crippen molar-refractivity contribution in [3.8, 4) is 0 Å². The summed E-state index contributed by atoms with van der Waals surface area (Å²) in [6.07, 6.45) is 3.10. The van der Waals surface area contributed by atoms with Crippen molar-refractivity contribution in [3.63, 3.8) is 0 Å². The number of piperidine rings is 1. The topological polar surface area (TPSA) is 113 Å². The van der Waals surface area contributed by atoms with E-state index in [1.165, 1.54) is 0 Å². The third-order valence-corrected chi connectivity index (χ3v) is 3.34. The number of hydrogen-bond acceptors (Lipinski definition) is 5. The predicted octanol–water partition coefficient (Wildman–Crippen LogP) is 1.17. The molecule has 1 atom stereocenters. The van der Waals surface area contributed by atoms with Gasteiger partial charge >= 0.3 is 5.69 Å². The summed E-state index contributed by atoms with van der Waals surface area (Å²) in [6.45, 7) is 3.54. The quantitative estimate of drug-likeness (QED) is 0.557. The number of nitrogens with zero attached hydrogens (tertiary/aromatic N) is 2. The molecule has 0 saturated carbocycles. The van der Waals surface area contributed by atoms with Gasteiger partial charge in [-0.05, 0) is 25.8 Å². The molecule has 8 nitrogen and oxygen atoms in total. The number of rotatable bonds is 5. The van der Waals surface area contributed by atoms with E-state index in [2.05, 4.69) is 20.8 Å². The molecule has 1 amide bonds. The fourth-order valence-corrected chi connectivity index (χ4v) is 2.38. The van der Waals surface area contributed by atoms with Gasteiger partial charge in [-0.25, -0.2) is 0 Å². The molecule has 21 heavy (non-hydrogen) atoms. The van der Waals surface area contributed by atoms with Crippen molar-refractivity contribution in [3.05, 3.63) is 21.5 Å². The zero-order valence-corrected chi connectivity index (χ0v) is 12.7. The van der Waals surface area contributed by atoms with Gasteiger partial charge in [0, 0.05) is 12.6 Å². The molecule has 1 aromatic heterocycles. The lowest BCUT2D eigenvalue weighted by Gasteiger charge is -2.23. The lowest BCUT2D eigenvalue weighted by atomic mass is 10.1. The smallest absolute Gasteiger partial charge is 0.322 e. The maximum atomic E-state index is 12.1. The highest BCUT2D eigenvalue weighted by molar-refractivity contribution is 5.96. The van der Waals surface area contributed by atoms with Crippen molar-refractivity contribution in [2.45, 2.75) is 38.6 Å². The number of aromatic amines is 1. The van der Waals surface area contributed by atoms with Gasteiger partial charge in [0.15, 0.2) is 0 Å². The lowest BCUT2D eigenvalue weighted by Crippen LogP contribution is -2.45. The monoisotopic (exact) mass is 317 g/mol. The van der Waals surface area contributed by atoms with E-state index in [0.29, 0.717) is 18.7 Å². The van der Waals surface area contributed by atoms with Gasteiger partial charge in [-0.15, -0.1) is 12.4 Å². The molecular formula is C12H20ClN5O3. The maximum Gasteiger partial charge on any atom is 0.322 e. The van der Waals surface area contributed by atoms with Gasteiger partial charge in [0.05, 0.1) is 4.92 Å². The molecule has 1 aromatic rings. The normalized spacial score (nSPS) is 17.9. The van der Waals surface area contributed by atoms with Gasteiger partial charge in [0.1, 0.15) is 5.69 Å². The average molecular weight is 318 g/mol. The van der Waals surface area contributed by atoms with Crippen LogP contribution in [0.1, 0.15) is 42.4 Å². The lowest BCUT2D eigenvalue weighted by molar-refractivity contribution is -0.385. The molecule has 0 aliphatic carbocycles. The first-order valence-corrected chi connectivity index (χ1v) is 6.86. The number of nitro groups is 1. The first-order chi connectivity index (χ1) is 9.63. The molecule has 0 radical (unpaired) electrons. The van der Waals surface area contributed by atoms with E-state index in [-0.39, 0.29) is 29.8 Å². The molecule has 9 heteroatoms. The van der Waals surface area contributed by atoms with E-state index in [1.54, 1.807) is 0 Å². The zero-order chi connectivity index (χ0) is 14.5. The largest absolute Gasteiger partial charge is 0.346 e. The standard InChI is InChI=1S/C12H19N5O3.ClH/c1-2-4-9-11(17(19)20)10(16-15-9)12(18)14-8-5-3-6-13-7-8;/h8,13H,2-7H2,1H3,(H,14,18)(H,15,16);1H. The SMILES string of the molecule is CCCc1[nH]nc(C(=O)NC2CCCNC2)c1[N+](=O)[O-].Cl. The Morgan fingerprint density at radius 1 is 1.57 bits per heavy atom. The first-order valence-electron chi connectivity index (χ1n) is 6.86. The van der Waals surface area contributed by atoms with E-state index in [4.69, 9.17) is 0 Å². The van der Waals surface area contributed by atoms with Gasteiger partial charge in [0.2, 0.25) is 5.69 Å². The molecule has 0 bridgehead atoms. The Morgan fingerprint density at radius 2 is 2.33 bits per heavy atom. The number of H-pyrrole nitrogens is 1. The first kappa shape index (κ1) is 17.4. The molecular weight excluding hydrogens is 298 g/mol. The summed E-state index contributed by atoms with van der Waals surface area (Å²) in [6, 6.07) is 0.00202. The second-order valence-electron chi connectivity index (χ2n) is 4.92. The Hall–Kier alpha value is -1.67. The Labute approximate surface area is 128 Å². The van der Waals surface area contributed by atoms with E-state index >= 15 is 0 Å². The Balaban J connectivity index is 0.00000220. The molecule has 1 aliphatic heterocycles. The molecule has 1 aliphatic rings. The van der Waals surface area contributed by atoms with Crippen LogP contribution in [0.4, 0.5) is 5.69 Å². The molecule has 0 aromatic carbocycles. The third kappa shape index (κ3) is 4.15. The fourth-order valence-electron chi connectivity index (χ4n) is 2.38. The molecule has 0 spiro atoms. The Morgan fingerprint density at radius 3 is 2.90 bits per heavy atom. The summed E-state index contributed by atoms with van der Waals surface area (Å²) >= 11 is 0. The number of nitrogens with one attached hydrogen (secondary N) is 3. The minimum absolute atomic E-state index is 0. The van der Waals surface area contributed by atoms with Crippen LogP contribution in [0, 0.1) is 10.1 Å². The number of carbonyl (C=O) groups excluding carboxylic acids is 1. The Kier molecular flexibility index (Phi) is 6.57. The number of aromatic nitrogens is 2. The van der Waals surface area contributed by atoms with Crippen LogP contribution in [0.3, 0.4) is 0 Å². The summed E-state index contributed by atoms with van der Waals surface area (Å²) in [7, 11) is 0. The highest BCUT2D eigenvalue weighted by Gasteiger charge is 2.29. The summed E-state index contributed by atoms with van der Waals surface area (Å²) in [5, 5.41) is 23.5. The molecule has 1 fully saturated rings. The summed E-state index contributed by atoms with van der Waals surface area (Å²) in [5.41, 5.74) is 0.0848. The van der Waals surface area contributed by atoms with E-state index < -0.39 is 10.8 Å². The highest BCUT2D eigenvalue weighted by atomic mass is 35.5. The van der Waals surface area contributed by atoms with Crippen molar-refractivity contribution in [2.24, 2.45) is 0 Å². The van der Waals surface area contributed by atoms with E-state index in [1.807, 2.05) is 6.92 Å². The minimum Gasteiger partial charge on any atom is -0.346 e. The third-order valence-electron chi connectivity index (χ3n) is 3.34. The van der Waals surface area contributed by atoms with Crippen LogP contribution in [0.25, 0.3) is 0 Å². The number of carbonyl (C=O) groups is 1. The van der Waals surface area contributed by atoms with Crippen LogP contribution in [0.2, 0.25) is 0 Å². The van der Waals surface area contributed by atoms with Crippen LogP contribution in [0.5, 0.6) is 0 Å². The number of halogens is 1. The number of amides is 1. The van der Waals surface area contributed by atoms with Gasteiger partial charge in [-0.3, -0.25) is 20.0 Å². The van der Waals surface area contributed by atoms with Gasteiger partial charge in [-0.1, -0.05) is 13.3 Å². The van der Waals surface area contributed by atoms with Gasteiger partial charge in [0.25, 0.3) is 5.91 Å². The van der Waals surface area contributed by atoms with Gasteiger partial charge < -0.3 is 10.6 Å². The minimum atomic E-state index is -0.539. The number of hydrogen-bond donors (Lipinski definition) is 3. The van der Waals surface area contributed by atoms with E-state index in [0.717, 1.165) is 25.8 Å². The van der Waals surface area contributed by atoms with Crippen LogP contribution in [-0.2, 0) is 6.42 Å². The molecule has 1 unspecified atom stereocenters. The second-order valence-corrected chi connectivity index (χ2v) is 4.92. The van der Waals surface area contributed by atoms with Crippen molar-refractivity contribution < 1.29 is 9.72 Å². The highest BCUT2D eigenvalue weighted by Crippen LogP contribution is 2.22. The predicted molar refractivity (Wildman–Crippen MR) is 79.8 cm³/mol. The second kappa shape index (κ2) is 7.94. The zero-order valence-electron chi connectivity index (χ0n) is 11.8. The van der Waals surface area contributed by atoms with Crippen molar-refractivity contribution in [1.82, 2.24) is 20.8 Å². The average Bonchev–Trinajstić information content (AvgIpc) is 2.84. The van der Waals surface area contributed by atoms with Crippen LogP contribution < -0.4 is 10.6 Å². The summed E-state index contributed by atoms with van der Waals surface area (Å²) in [5.74, 6) is -0.482. The maximum absolute atomic E-state index is 12.1. The molecule has 2 heterocycles. The molecule has 118 valence electrons. The van der Waals surface area contributed by atoms with Crippen molar-refractivity contribution in [2.75, 3.05) is 13.1 Å². The summed E-state index contributed by atoms with van der Waals surface area (Å²) < 4.78 is 0. The van der Waals surface area contributed by atoms with Crippen molar-refractivity contribution in [1.29, 1.82) is 0 Å². The van der Waals surface area contributed by atoms with Crippen LogP contribution in [0.15, 0.2) is 0 Å². The Bertz CT molecular complexity index is 499. The molecule has 1 saturated heterocycles. The van der Waals surface area contributed by atoms with Crippen molar-refractivity contribution >= 4 is 24.0 Å². The van der Waals surface area contributed by atoms with Gasteiger partial charge in [-0.2, -0.15) is 5.10 Å². The molecule has 2 rings (SSSR count). The fraction of sp³-hybridized carbons (Fsp3) is 0.667. The van der Waals surface area contributed by atoms with Crippen LogP contribution in [-0.4, -0.2) is 40.2 Å². The number of aryl methyl sites for hydroxylation is 1. The summed E-state index contributed by atoms with van der Waals surface area (Å²) in [4.78, 5) is 22.7. The van der Waals surface area contributed by atoms with Crippen LogP contribution >= 0.6 is 12.4 Å².